The molecule has 1 N–H and O–H groups in total. The van der Waals surface area contributed by atoms with Crippen LogP contribution in [0.2, 0.25) is 5.02 Å². The fraction of sp³-hybridized carbons (Fsp3) is 0.357. The van der Waals surface area contributed by atoms with Crippen LogP contribution >= 0.6 is 11.6 Å². The van der Waals surface area contributed by atoms with Crippen LogP contribution in [0.1, 0.15) is 18.6 Å². The van der Waals surface area contributed by atoms with Crippen molar-refractivity contribution in [3.05, 3.63) is 47.2 Å². The molecule has 0 bridgehead atoms. The van der Waals surface area contributed by atoms with Crippen molar-refractivity contribution in [1.82, 2.24) is 14.5 Å². The van der Waals surface area contributed by atoms with E-state index in [1.807, 2.05) is 13.0 Å². The second kappa shape index (κ2) is 7.23. The fourth-order valence-electron chi connectivity index (χ4n) is 1.97. The van der Waals surface area contributed by atoms with Crippen LogP contribution in [0.4, 0.5) is 0 Å². The third kappa shape index (κ3) is 4.07. The lowest BCUT2D eigenvalue weighted by Gasteiger charge is -2.16. The molecule has 0 radical (unpaired) electrons. The molecule has 0 aliphatic rings. The van der Waals surface area contributed by atoms with Crippen molar-refractivity contribution in [3.63, 3.8) is 0 Å². The van der Waals surface area contributed by atoms with E-state index in [0.717, 1.165) is 5.56 Å². The van der Waals surface area contributed by atoms with E-state index in [4.69, 9.17) is 16.3 Å². The standard InChI is InChI=1S/C14H18ClN3O3S/c1-3-18-10-13(8-16-18)22(19,20)17-9-14(21-2)11-5-4-6-12(15)7-11/h4-8,10,14,17H,3,9H2,1-2H3/t14-/m1/s1. The second-order valence-electron chi connectivity index (χ2n) is 4.66. The van der Waals surface area contributed by atoms with Gasteiger partial charge in [-0.25, -0.2) is 13.1 Å². The number of halogens is 1. The molecule has 1 aromatic heterocycles. The number of hydrogen-bond acceptors (Lipinski definition) is 4. The molecule has 0 saturated carbocycles. The number of hydrogen-bond donors (Lipinski definition) is 1. The number of ether oxygens (including phenoxy) is 1. The smallest absolute Gasteiger partial charge is 0.243 e. The monoisotopic (exact) mass is 343 g/mol. The lowest BCUT2D eigenvalue weighted by atomic mass is 10.1. The van der Waals surface area contributed by atoms with E-state index in [1.54, 1.807) is 22.9 Å². The van der Waals surface area contributed by atoms with Crippen molar-refractivity contribution in [2.24, 2.45) is 0 Å². The first-order valence-electron chi connectivity index (χ1n) is 6.76. The van der Waals surface area contributed by atoms with Crippen LogP contribution in [0.5, 0.6) is 0 Å². The molecule has 0 spiro atoms. The average Bonchev–Trinajstić information content (AvgIpc) is 2.98. The van der Waals surface area contributed by atoms with Gasteiger partial charge in [0.15, 0.2) is 0 Å². The predicted octanol–water partition coefficient (Wildman–Crippen LogP) is 2.22. The molecule has 22 heavy (non-hydrogen) atoms. The summed E-state index contributed by atoms with van der Waals surface area (Å²) in [5.74, 6) is 0. The summed E-state index contributed by atoms with van der Waals surface area (Å²) < 4.78 is 33.9. The third-order valence-electron chi connectivity index (χ3n) is 3.21. The van der Waals surface area contributed by atoms with Crippen LogP contribution in [0.25, 0.3) is 0 Å². The van der Waals surface area contributed by atoms with Gasteiger partial charge in [-0.3, -0.25) is 4.68 Å². The van der Waals surface area contributed by atoms with Gasteiger partial charge in [-0.1, -0.05) is 23.7 Å². The summed E-state index contributed by atoms with van der Waals surface area (Å²) in [5.41, 5.74) is 0.807. The molecule has 0 amide bonds. The lowest BCUT2D eigenvalue weighted by Crippen LogP contribution is -2.29. The second-order valence-corrected chi connectivity index (χ2v) is 6.87. The first kappa shape index (κ1) is 17.0. The molecule has 120 valence electrons. The van der Waals surface area contributed by atoms with Crippen LogP contribution in [0, 0.1) is 0 Å². The van der Waals surface area contributed by atoms with Gasteiger partial charge in [0.1, 0.15) is 4.90 Å². The van der Waals surface area contributed by atoms with E-state index in [9.17, 15) is 8.42 Å². The molecular weight excluding hydrogens is 326 g/mol. The van der Waals surface area contributed by atoms with Crippen LogP contribution in [-0.2, 0) is 21.3 Å². The molecular formula is C14H18ClN3O3S. The summed E-state index contributed by atoms with van der Waals surface area (Å²) >= 11 is 5.95. The van der Waals surface area contributed by atoms with Gasteiger partial charge >= 0.3 is 0 Å². The van der Waals surface area contributed by atoms with Gasteiger partial charge in [-0.15, -0.1) is 0 Å². The Balaban J connectivity index is 2.09. The molecule has 2 rings (SSSR count). The van der Waals surface area contributed by atoms with Crippen molar-refractivity contribution in [2.45, 2.75) is 24.5 Å². The first-order valence-corrected chi connectivity index (χ1v) is 8.62. The number of benzene rings is 1. The molecule has 0 unspecified atom stereocenters. The topological polar surface area (TPSA) is 73.2 Å². The first-order chi connectivity index (χ1) is 10.5. The molecule has 0 aliphatic heterocycles. The summed E-state index contributed by atoms with van der Waals surface area (Å²) in [4.78, 5) is 0.135. The molecule has 2 aromatic rings. The van der Waals surface area contributed by atoms with Crippen molar-refractivity contribution < 1.29 is 13.2 Å². The summed E-state index contributed by atoms with van der Waals surface area (Å²) in [6.45, 7) is 2.60. The average molecular weight is 344 g/mol. The third-order valence-corrected chi connectivity index (χ3v) is 4.82. The number of nitrogens with zero attached hydrogens (tertiary/aromatic N) is 2. The number of nitrogens with one attached hydrogen (secondary N) is 1. The van der Waals surface area contributed by atoms with Crippen LogP contribution in [-0.4, -0.2) is 31.9 Å². The Morgan fingerprint density at radius 2 is 2.23 bits per heavy atom. The van der Waals surface area contributed by atoms with E-state index in [0.29, 0.717) is 11.6 Å². The van der Waals surface area contributed by atoms with Crippen LogP contribution in [0.3, 0.4) is 0 Å². The molecule has 1 aromatic carbocycles. The van der Waals surface area contributed by atoms with Gasteiger partial charge in [0, 0.05) is 31.4 Å². The van der Waals surface area contributed by atoms with Gasteiger partial charge in [0.05, 0.1) is 12.3 Å². The van der Waals surface area contributed by atoms with E-state index < -0.39 is 16.1 Å². The number of rotatable bonds is 7. The normalized spacial score (nSPS) is 13.2. The van der Waals surface area contributed by atoms with Gasteiger partial charge in [-0.05, 0) is 24.6 Å². The molecule has 0 aliphatic carbocycles. The highest BCUT2D eigenvalue weighted by molar-refractivity contribution is 7.89. The Hall–Kier alpha value is -1.41. The zero-order valence-corrected chi connectivity index (χ0v) is 13.9. The Morgan fingerprint density at radius 3 is 2.82 bits per heavy atom. The highest BCUT2D eigenvalue weighted by atomic mass is 35.5. The quantitative estimate of drug-likeness (QED) is 0.836. The van der Waals surface area contributed by atoms with Gasteiger partial charge in [-0.2, -0.15) is 5.10 Å². The number of sulfonamides is 1. The number of methoxy groups -OCH3 is 1. The predicted molar refractivity (Wildman–Crippen MR) is 84.3 cm³/mol. The van der Waals surface area contributed by atoms with E-state index >= 15 is 0 Å². The van der Waals surface area contributed by atoms with Gasteiger partial charge in [0.25, 0.3) is 0 Å². The minimum absolute atomic E-state index is 0.108. The fourth-order valence-corrected chi connectivity index (χ4v) is 3.15. The Bertz CT molecular complexity index is 730. The molecule has 8 heteroatoms. The van der Waals surface area contributed by atoms with Crippen molar-refractivity contribution in [1.29, 1.82) is 0 Å². The molecule has 1 atom stereocenters. The Morgan fingerprint density at radius 1 is 1.45 bits per heavy atom. The molecule has 6 nitrogen and oxygen atoms in total. The largest absolute Gasteiger partial charge is 0.375 e. The maximum absolute atomic E-state index is 12.2. The lowest BCUT2D eigenvalue weighted by molar-refractivity contribution is 0.107. The number of aryl methyl sites for hydroxylation is 1. The SMILES string of the molecule is CCn1cc(S(=O)(=O)NC[C@@H](OC)c2cccc(Cl)c2)cn1. The van der Waals surface area contributed by atoms with Crippen LogP contribution < -0.4 is 4.72 Å². The Labute approximate surface area is 135 Å². The van der Waals surface area contributed by atoms with Gasteiger partial charge < -0.3 is 4.74 Å². The molecule has 1 heterocycles. The minimum Gasteiger partial charge on any atom is -0.375 e. The maximum atomic E-state index is 12.2. The molecule has 0 fully saturated rings. The summed E-state index contributed by atoms with van der Waals surface area (Å²) in [5, 5.41) is 4.54. The van der Waals surface area contributed by atoms with Gasteiger partial charge in [0.2, 0.25) is 10.0 Å². The Kier molecular flexibility index (Phi) is 5.57. The summed E-state index contributed by atoms with van der Waals surface area (Å²) in [6, 6.07) is 7.13. The van der Waals surface area contributed by atoms with E-state index in [2.05, 4.69) is 9.82 Å². The zero-order chi connectivity index (χ0) is 16.2. The summed E-state index contributed by atoms with van der Waals surface area (Å²) in [6.07, 6.45) is 2.39. The van der Waals surface area contributed by atoms with E-state index in [1.165, 1.54) is 19.5 Å². The summed E-state index contributed by atoms with van der Waals surface area (Å²) in [7, 11) is -2.10. The van der Waals surface area contributed by atoms with Crippen molar-refractivity contribution in [3.8, 4) is 0 Å². The highest BCUT2D eigenvalue weighted by Crippen LogP contribution is 2.20. The zero-order valence-electron chi connectivity index (χ0n) is 12.4. The highest BCUT2D eigenvalue weighted by Gasteiger charge is 2.19. The van der Waals surface area contributed by atoms with Crippen molar-refractivity contribution in [2.75, 3.05) is 13.7 Å². The number of aromatic nitrogens is 2. The van der Waals surface area contributed by atoms with Crippen LogP contribution in [0.15, 0.2) is 41.6 Å². The van der Waals surface area contributed by atoms with E-state index in [-0.39, 0.29) is 11.4 Å². The minimum atomic E-state index is -3.62. The maximum Gasteiger partial charge on any atom is 0.243 e. The molecule has 0 saturated heterocycles. The van der Waals surface area contributed by atoms with Crippen molar-refractivity contribution >= 4 is 21.6 Å².